The molecule has 2 amide bonds. The third kappa shape index (κ3) is 5.20. The lowest BCUT2D eigenvalue weighted by Gasteiger charge is -2.33. The summed E-state index contributed by atoms with van der Waals surface area (Å²) in [4.78, 5) is 32.5. The van der Waals surface area contributed by atoms with E-state index in [9.17, 15) is 9.59 Å². The molecule has 1 fully saturated rings. The SMILES string of the molecule is COc1ccc(C(NC(=O)C2CCCN(C(=O)c3ccc(Cl)cc3)C2)c2nccn2C)cc1. The fourth-order valence-corrected chi connectivity index (χ4v) is 4.29. The minimum atomic E-state index is -0.411. The Morgan fingerprint density at radius 2 is 1.88 bits per heavy atom. The minimum absolute atomic E-state index is 0.0834. The highest BCUT2D eigenvalue weighted by atomic mass is 35.5. The molecule has 3 aromatic rings. The largest absolute Gasteiger partial charge is 0.497 e. The molecule has 33 heavy (non-hydrogen) atoms. The number of nitrogens with zero attached hydrogens (tertiary/aromatic N) is 3. The zero-order valence-electron chi connectivity index (χ0n) is 18.7. The first kappa shape index (κ1) is 22.9. The number of methoxy groups -OCH3 is 1. The molecule has 0 saturated carbocycles. The molecule has 0 spiro atoms. The molecule has 1 aliphatic rings. The zero-order chi connectivity index (χ0) is 23.4. The number of hydrogen-bond acceptors (Lipinski definition) is 4. The third-order valence-electron chi connectivity index (χ3n) is 6.02. The van der Waals surface area contributed by atoms with Crippen LogP contribution in [0.3, 0.4) is 0 Å². The monoisotopic (exact) mass is 466 g/mol. The van der Waals surface area contributed by atoms with Gasteiger partial charge in [-0.1, -0.05) is 23.7 Å². The maximum absolute atomic E-state index is 13.3. The lowest BCUT2D eigenvalue weighted by atomic mass is 9.95. The van der Waals surface area contributed by atoms with Gasteiger partial charge in [0.25, 0.3) is 5.91 Å². The van der Waals surface area contributed by atoms with E-state index in [1.807, 2.05) is 42.1 Å². The van der Waals surface area contributed by atoms with Crippen LogP contribution in [0.15, 0.2) is 60.9 Å². The Hall–Kier alpha value is -3.32. The van der Waals surface area contributed by atoms with Crippen molar-refractivity contribution < 1.29 is 14.3 Å². The highest BCUT2D eigenvalue weighted by Crippen LogP contribution is 2.25. The van der Waals surface area contributed by atoms with Gasteiger partial charge < -0.3 is 19.5 Å². The van der Waals surface area contributed by atoms with Crippen LogP contribution in [0.2, 0.25) is 5.02 Å². The molecule has 2 atom stereocenters. The summed E-state index contributed by atoms with van der Waals surface area (Å²) >= 11 is 5.94. The van der Waals surface area contributed by atoms with E-state index in [0.717, 1.165) is 30.0 Å². The van der Waals surface area contributed by atoms with Gasteiger partial charge in [0, 0.05) is 43.1 Å². The number of imidazole rings is 1. The molecule has 172 valence electrons. The van der Waals surface area contributed by atoms with Gasteiger partial charge in [-0.25, -0.2) is 4.98 Å². The molecule has 0 radical (unpaired) electrons. The van der Waals surface area contributed by atoms with Crippen molar-refractivity contribution in [1.29, 1.82) is 0 Å². The minimum Gasteiger partial charge on any atom is -0.497 e. The molecule has 1 aromatic heterocycles. The molecule has 0 aliphatic carbocycles. The topological polar surface area (TPSA) is 76.5 Å². The van der Waals surface area contributed by atoms with Crippen molar-refractivity contribution in [1.82, 2.24) is 19.8 Å². The summed E-state index contributed by atoms with van der Waals surface area (Å²) in [6.45, 7) is 1.01. The number of piperidine rings is 1. The van der Waals surface area contributed by atoms with E-state index in [2.05, 4.69) is 10.3 Å². The van der Waals surface area contributed by atoms with E-state index in [-0.39, 0.29) is 17.7 Å². The first-order valence-corrected chi connectivity index (χ1v) is 11.3. The zero-order valence-corrected chi connectivity index (χ0v) is 19.5. The lowest BCUT2D eigenvalue weighted by molar-refractivity contribution is -0.126. The van der Waals surface area contributed by atoms with E-state index in [0.29, 0.717) is 23.7 Å². The lowest BCUT2D eigenvalue weighted by Crippen LogP contribution is -2.46. The van der Waals surface area contributed by atoms with Crippen LogP contribution < -0.4 is 10.1 Å². The fourth-order valence-electron chi connectivity index (χ4n) is 4.16. The van der Waals surface area contributed by atoms with Crippen LogP contribution in [-0.2, 0) is 11.8 Å². The van der Waals surface area contributed by atoms with Gasteiger partial charge in [-0.05, 0) is 54.8 Å². The molecule has 2 heterocycles. The Kier molecular flexibility index (Phi) is 6.99. The average Bonchev–Trinajstić information content (AvgIpc) is 3.28. The standard InChI is InChI=1S/C25H27ClN4O3/c1-29-15-13-27-23(29)22(17-7-11-21(33-2)12-8-17)28-24(31)19-4-3-14-30(16-19)25(32)18-5-9-20(26)10-6-18/h5-13,15,19,22H,3-4,14,16H2,1-2H3,(H,28,31). The summed E-state index contributed by atoms with van der Waals surface area (Å²) in [7, 11) is 3.52. The predicted octanol–water partition coefficient (Wildman–Crippen LogP) is 3.84. The van der Waals surface area contributed by atoms with Crippen molar-refractivity contribution in [3.8, 4) is 5.75 Å². The molecule has 7 nitrogen and oxygen atoms in total. The fraction of sp³-hybridized carbons (Fsp3) is 0.320. The van der Waals surface area contributed by atoms with Gasteiger partial charge in [0.1, 0.15) is 17.6 Å². The average molecular weight is 467 g/mol. The van der Waals surface area contributed by atoms with Crippen LogP contribution in [0, 0.1) is 5.92 Å². The highest BCUT2D eigenvalue weighted by Gasteiger charge is 2.31. The molecular weight excluding hydrogens is 440 g/mol. The van der Waals surface area contributed by atoms with Crippen LogP contribution in [0.1, 0.15) is 40.6 Å². The summed E-state index contributed by atoms with van der Waals surface area (Å²) in [5, 5.41) is 3.76. The Labute approximate surface area is 198 Å². The Bertz CT molecular complexity index is 1110. The Morgan fingerprint density at radius 3 is 2.52 bits per heavy atom. The number of amides is 2. The number of halogens is 1. The molecule has 1 aliphatic heterocycles. The predicted molar refractivity (Wildman–Crippen MR) is 126 cm³/mol. The molecule has 1 N–H and O–H groups in total. The summed E-state index contributed by atoms with van der Waals surface area (Å²) in [5.74, 6) is 1.01. The van der Waals surface area contributed by atoms with Crippen molar-refractivity contribution in [2.24, 2.45) is 13.0 Å². The van der Waals surface area contributed by atoms with E-state index < -0.39 is 6.04 Å². The third-order valence-corrected chi connectivity index (χ3v) is 6.27. The second kappa shape index (κ2) is 10.1. The van der Waals surface area contributed by atoms with Gasteiger partial charge in [0.05, 0.1) is 13.0 Å². The molecule has 0 bridgehead atoms. The molecule has 8 heteroatoms. The Balaban J connectivity index is 1.50. The summed E-state index contributed by atoms with van der Waals surface area (Å²) in [5.41, 5.74) is 1.48. The number of benzene rings is 2. The number of ether oxygens (including phenoxy) is 1. The first-order chi connectivity index (χ1) is 16.0. The van der Waals surface area contributed by atoms with Gasteiger partial charge in [0.2, 0.25) is 5.91 Å². The van der Waals surface area contributed by atoms with E-state index in [1.165, 1.54) is 0 Å². The second-order valence-corrected chi connectivity index (χ2v) is 8.64. The van der Waals surface area contributed by atoms with Crippen LogP contribution >= 0.6 is 11.6 Å². The summed E-state index contributed by atoms with van der Waals surface area (Å²) in [6.07, 6.45) is 5.06. The molecule has 2 aromatic carbocycles. The van der Waals surface area contributed by atoms with Gasteiger partial charge in [0.15, 0.2) is 0 Å². The van der Waals surface area contributed by atoms with Gasteiger partial charge in [-0.15, -0.1) is 0 Å². The van der Waals surface area contributed by atoms with Crippen molar-refractivity contribution >= 4 is 23.4 Å². The number of aromatic nitrogens is 2. The quantitative estimate of drug-likeness (QED) is 0.598. The van der Waals surface area contributed by atoms with Crippen LogP contribution in [0.4, 0.5) is 0 Å². The van der Waals surface area contributed by atoms with E-state index >= 15 is 0 Å². The molecular formula is C25H27ClN4O3. The summed E-state index contributed by atoms with van der Waals surface area (Å²) in [6, 6.07) is 14.0. The van der Waals surface area contributed by atoms with Crippen LogP contribution in [-0.4, -0.2) is 46.5 Å². The summed E-state index contributed by atoms with van der Waals surface area (Å²) < 4.78 is 7.16. The number of likely N-dealkylation sites (tertiary alicyclic amines) is 1. The Morgan fingerprint density at radius 1 is 1.15 bits per heavy atom. The molecule has 1 saturated heterocycles. The molecule has 2 unspecified atom stereocenters. The maximum Gasteiger partial charge on any atom is 0.253 e. The van der Waals surface area contributed by atoms with Gasteiger partial charge >= 0.3 is 0 Å². The number of carbonyl (C=O) groups is 2. The normalized spacial score (nSPS) is 16.8. The highest BCUT2D eigenvalue weighted by molar-refractivity contribution is 6.30. The smallest absolute Gasteiger partial charge is 0.253 e. The van der Waals surface area contributed by atoms with Crippen LogP contribution in [0.5, 0.6) is 5.75 Å². The second-order valence-electron chi connectivity index (χ2n) is 8.21. The maximum atomic E-state index is 13.3. The van der Waals surface area contributed by atoms with Crippen molar-refractivity contribution in [2.45, 2.75) is 18.9 Å². The number of aryl methyl sites for hydroxylation is 1. The molecule has 4 rings (SSSR count). The van der Waals surface area contributed by atoms with Crippen LogP contribution in [0.25, 0.3) is 0 Å². The first-order valence-electron chi connectivity index (χ1n) is 10.9. The van der Waals surface area contributed by atoms with Gasteiger partial charge in [-0.3, -0.25) is 9.59 Å². The van der Waals surface area contributed by atoms with Crippen molar-refractivity contribution in [3.63, 3.8) is 0 Å². The van der Waals surface area contributed by atoms with Crippen molar-refractivity contribution in [2.75, 3.05) is 20.2 Å². The van der Waals surface area contributed by atoms with Gasteiger partial charge in [-0.2, -0.15) is 0 Å². The van der Waals surface area contributed by atoms with E-state index in [1.54, 1.807) is 42.5 Å². The van der Waals surface area contributed by atoms with E-state index in [4.69, 9.17) is 16.3 Å². The number of nitrogens with one attached hydrogen (secondary N) is 1. The number of hydrogen-bond donors (Lipinski definition) is 1. The number of carbonyl (C=O) groups excluding carboxylic acids is 2. The van der Waals surface area contributed by atoms with Crippen molar-refractivity contribution in [3.05, 3.63) is 82.9 Å². The number of rotatable bonds is 6.